The van der Waals surface area contributed by atoms with Crippen LogP contribution in [0.3, 0.4) is 0 Å². The number of thiophene rings is 1. The molecule has 1 unspecified atom stereocenters. The fourth-order valence-electron chi connectivity index (χ4n) is 3.66. The SMILES string of the molecule is O=C(NN1C(=O)c2cc(Br)ccc2NC1c1cccs1)c1ccc(OCc2ccccc2)cc1. The van der Waals surface area contributed by atoms with Crippen molar-refractivity contribution >= 4 is 44.8 Å². The van der Waals surface area contributed by atoms with Crippen molar-refractivity contribution in [2.45, 2.75) is 12.8 Å². The van der Waals surface area contributed by atoms with Gasteiger partial charge >= 0.3 is 0 Å². The van der Waals surface area contributed by atoms with Crippen molar-refractivity contribution in [3.05, 3.63) is 116 Å². The molecule has 2 N–H and O–H groups in total. The zero-order valence-corrected chi connectivity index (χ0v) is 20.3. The minimum absolute atomic E-state index is 0.287. The molecule has 2 amide bonds. The highest BCUT2D eigenvalue weighted by Crippen LogP contribution is 2.35. The van der Waals surface area contributed by atoms with Crippen LogP contribution in [-0.4, -0.2) is 16.8 Å². The van der Waals surface area contributed by atoms with Crippen LogP contribution in [0.2, 0.25) is 0 Å². The minimum atomic E-state index is -0.515. The third-order valence-electron chi connectivity index (χ3n) is 5.38. The Morgan fingerprint density at radius 2 is 1.82 bits per heavy atom. The molecule has 8 heteroatoms. The number of anilines is 1. The number of nitrogens with one attached hydrogen (secondary N) is 2. The van der Waals surface area contributed by atoms with Crippen molar-refractivity contribution in [1.29, 1.82) is 0 Å². The van der Waals surface area contributed by atoms with E-state index in [0.717, 1.165) is 20.6 Å². The van der Waals surface area contributed by atoms with Crippen LogP contribution >= 0.6 is 27.3 Å². The van der Waals surface area contributed by atoms with E-state index in [9.17, 15) is 9.59 Å². The summed E-state index contributed by atoms with van der Waals surface area (Å²) in [6.45, 7) is 0.442. The lowest BCUT2D eigenvalue weighted by Crippen LogP contribution is -2.52. The molecule has 0 radical (unpaired) electrons. The summed E-state index contributed by atoms with van der Waals surface area (Å²) in [6, 6.07) is 26.0. The van der Waals surface area contributed by atoms with Crippen molar-refractivity contribution in [2.24, 2.45) is 0 Å². The molecule has 1 aliphatic rings. The Kier molecular flexibility index (Phi) is 6.33. The van der Waals surface area contributed by atoms with Crippen molar-refractivity contribution in [3.63, 3.8) is 0 Å². The van der Waals surface area contributed by atoms with E-state index in [0.29, 0.717) is 23.5 Å². The van der Waals surface area contributed by atoms with E-state index in [-0.39, 0.29) is 11.8 Å². The van der Waals surface area contributed by atoms with Gasteiger partial charge in [0.15, 0.2) is 6.17 Å². The van der Waals surface area contributed by atoms with Crippen LogP contribution in [0, 0.1) is 0 Å². The lowest BCUT2D eigenvalue weighted by atomic mass is 10.1. The number of ether oxygens (including phenoxy) is 1. The maximum Gasteiger partial charge on any atom is 0.276 e. The Hall–Kier alpha value is -3.62. The standard InChI is InChI=1S/C26H20BrN3O3S/c27-19-10-13-22-21(15-19)26(32)30(24(28-22)23-7-4-14-34-23)29-25(31)18-8-11-20(12-9-18)33-16-17-5-2-1-3-6-17/h1-15,24,28H,16H2,(H,29,31). The smallest absolute Gasteiger partial charge is 0.276 e. The number of carbonyl (C=O) groups is 2. The van der Waals surface area contributed by atoms with Gasteiger partial charge in [-0.15, -0.1) is 11.3 Å². The zero-order chi connectivity index (χ0) is 23.5. The van der Waals surface area contributed by atoms with Gasteiger partial charge in [-0.2, -0.15) is 0 Å². The number of hydrazine groups is 1. The largest absolute Gasteiger partial charge is 0.489 e. The molecule has 0 bridgehead atoms. The predicted octanol–water partition coefficient (Wildman–Crippen LogP) is 6.00. The average Bonchev–Trinajstić information content (AvgIpc) is 3.40. The van der Waals surface area contributed by atoms with Gasteiger partial charge in [-0.3, -0.25) is 15.0 Å². The molecule has 4 aromatic rings. The van der Waals surface area contributed by atoms with Gasteiger partial charge in [-0.25, -0.2) is 5.01 Å². The first-order valence-corrected chi connectivity index (χ1v) is 12.3. The van der Waals surface area contributed by atoms with Gasteiger partial charge in [0, 0.05) is 20.6 Å². The van der Waals surface area contributed by atoms with Crippen LogP contribution in [-0.2, 0) is 6.61 Å². The van der Waals surface area contributed by atoms with E-state index in [4.69, 9.17) is 4.74 Å². The number of carbonyl (C=O) groups excluding carboxylic acids is 2. The number of rotatable bonds is 6. The molecule has 1 atom stereocenters. The molecular formula is C26H20BrN3O3S. The molecule has 3 aromatic carbocycles. The van der Waals surface area contributed by atoms with E-state index >= 15 is 0 Å². The predicted molar refractivity (Wildman–Crippen MR) is 136 cm³/mol. The molecule has 0 saturated heterocycles. The van der Waals surface area contributed by atoms with Crippen LogP contribution in [0.4, 0.5) is 5.69 Å². The maximum absolute atomic E-state index is 13.4. The highest BCUT2D eigenvalue weighted by atomic mass is 79.9. The number of amides is 2. The average molecular weight is 534 g/mol. The third kappa shape index (κ3) is 4.69. The second-order valence-electron chi connectivity index (χ2n) is 7.67. The molecule has 0 aliphatic carbocycles. The number of fused-ring (bicyclic) bond motifs is 1. The second kappa shape index (κ2) is 9.70. The van der Waals surface area contributed by atoms with Crippen LogP contribution in [0.5, 0.6) is 5.75 Å². The van der Waals surface area contributed by atoms with Crippen LogP contribution in [0.25, 0.3) is 0 Å². The van der Waals surface area contributed by atoms with Gasteiger partial charge < -0.3 is 10.1 Å². The molecule has 1 aromatic heterocycles. The summed E-state index contributed by atoms with van der Waals surface area (Å²) < 4.78 is 6.59. The fraction of sp³-hybridized carbons (Fsp3) is 0.0769. The molecule has 2 heterocycles. The molecule has 5 rings (SSSR count). The highest BCUT2D eigenvalue weighted by Gasteiger charge is 2.35. The van der Waals surface area contributed by atoms with Crippen molar-refractivity contribution < 1.29 is 14.3 Å². The summed E-state index contributed by atoms with van der Waals surface area (Å²) >= 11 is 4.93. The minimum Gasteiger partial charge on any atom is -0.489 e. The fourth-order valence-corrected chi connectivity index (χ4v) is 4.78. The van der Waals surface area contributed by atoms with Gasteiger partial charge in [-0.05, 0) is 59.5 Å². The quantitative estimate of drug-likeness (QED) is 0.318. The molecule has 0 fully saturated rings. The second-order valence-corrected chi connectivity index (χ2v) is 9.56. The number of hydrogen-bond acceptors (Lipinski definition) is 5. The Bertz CT molecular complexity index is 1310. The Morgan fingerprint density at radius 3 is 2.56 bits per heavy atom. The van der Waals surface area contributed by atoms with Gasteiger partial charge in [0.25, 0.3) is 11.8 Å². The lowest BCUT2D eigenvalue weighted by molar-refractivity contribution is 0.0494. The first-order chi connectivity index (χ1) is 16.6. The molecule has 0 spiro atoms. The van der Waals surface area contributed by atoms with Crippen molar-refractivity contribution in [1.82, 2.24) is 10.4 Å². The first kappa shape index (κ1) is 22.2. The van der Waals surface area contributed by atoms with Gasteiger partial charge in [0.1, 0.15) is 12.4 Å². The maximum atomic E-state index is 13.4. The number of benzene rings is 3. The molecule has 0 saturated carbocycles. The van der Waals surface area contributed by atoms with Gasteiger partial charge in [0.2, 0.25) is 0 Å². The molecule has 170 valence electrons. The molecule has 6 nitrogen and oxygen atoms in total. The van der Waals surface area contributed by atoms with E-state index in [1.165, 1.54) is 16.3 Å². The molecule has 1 aliphatic heterocycles. The number of hydrogen-bond donors (Lipinski definition) is 2. The van der Waals surface area contributed by atoms with Crippen LogP contribution in [0.1, 0.15) is 37.3 Å². The Labute approximate surface area is 209 Å². The van der Waals surface area contributed by atoms with E-state index in [2.05, 4.69) is 26.7 Å². The molecule has 34 heavy (non-hydrogen) atoms. The Balaban J connectivity index is 1.33. The molecular weight excluding hydrogens is 514 g/mol. The van der Waals surface area contributed by atoms with Gasteiger partial charge in [-0.1, -0.05) is 52.3 Å². The van der Waals surface area contributed by atoms with Crippen LogP contribution in [0.15, 0.2) is 94.8 Å². The third-order valence-corrected chi connectivity index (χ3v) is 6.80. The van der Waals surface area contributed by atoms with E-state index in [1.807, 2.05) is 60.0 Å². The summed E-state index contributed by atoms with van der Waals surface area (Å²) in [5.41, 5.74) is 5.48. The van der Waals surface area contributed by atoms with Crippen molar-refractivity contribution in [2.75, 3.05) is 5.32 Å². The van der Waals surface area contributed by atoms with Crippen LogP contribution < -0.4 is 15.5 Å². The summed E-state index contributed by atoms with van der Waals surface area (Å²) in [4.78, 5) is 27.3. The topological polar surface area (TPSA) is 70.7 Å². The highest BCUT2D eigenvalue weighted by molar-refractivity contribution is 9.10. The zero-order valence-electron chi connectivity index (χ0n) is 17.9. The van der Waals surface area contributed by atoms with E-state index < -0.39 is 6.17 Å². The number of halogens is 1. The summed E-state index contributed by atoms with van der Waals surface area (Å²) in [6.07, 6.45) is -0.515. The van der Waals surface area contributed by atoms with Crippen molar-refractivity contribution in [3.8, 4) is 5.75 Å². The summed E-state index contributed by atoms with van der Waals surface area (Å²) in [5, 5.41) is 6.65. The lowest BCUT2D eigenvalue weighted by Gasteiger charge is -2.37. The monoisotopic (exact) mass is 533 g/mol. The summed E-state index contributed by atoms with van der Waals surface area (Å²) in [7, 11) is 0. The Morgan fingerprint density at radius 1 is 1.03 bits per heavy atom. The van der Waals surface area contributed by atoms with Gasteiger partial charge in [0.05, 0.1) is 5.56 Å². The normalized spacial score (nSPS) is 14.8. The first-order valence-electron chi connectivity index (χ1n) is 10.6. The summed E-state index contributed by atoms with van der Waals surface area (Å²) in [5.74, 6) is -0.0132. The number of nitrogens with zero attached hydrogens (tertiary/aromatic N) is 1. The van der Waals surface area contributed by atoms with E-state index in [1.54, 1.807) is 30.3 Å².